The molecule has 5 heteroatoms. The highest BCUT2D eigenvalue weighted by atomic mass is 79.9. The van der Waals surface area contributed by atoms with Gasteiger partial charge >= 0.3 is 5.97 Å². The van der Waals surface area contributed by atoms with Gasteiger partial charge in [-0.15, -0.1) is 11.3 Å². The van der Waals surface area contributed by atoms with E-state index < -0.39 is 17.5 Å². The smallest absolute Gasteiger partial charge is 0.303 e. The third kappa shape index (κ3) is 3.88. The van der Waals surface area contributed by atoms with Crippen LogP contribution in [0, 0.1) is 5.41 Å². The Hall–Kier alpha value is -0.390. The van der Waals surface area contributed by atoms with Gasteiger partial charge in [0.25, 0.3) is 0 Å². The minimum absolute atomic E-state index is 0.0626. The van der Waals surface area contributed by atoms with Crippen LogP contribution >= 0.6 is 27.3 Å². The average Bonchev–Trinajstić information content (AvgIpc) is 2.47. The zero-order valence-electron chi connectivity index (χ0n) is 9.24. The van der Waals surface area contributed by atoms with E-state index in [4.69, 9.17) is 5.11 Å². The normalized spacial score (nSPS) is 13.8. The lowest BCUT2D eigenvalue weighted by Gasteiger charge is -2.25. The van der Waals surface area contributed by atoms with E-state index in [0.717, 1.165) is 9.35 Å². The van der Waals surface area contributed by atoms with Gasteiger partial charge in [0.2, 0.25) is 0 Å². The van der Waals surface area contributed by atoms with Crippen molar-refractivity contribution in [3.8, 4) is 0 Å². The Bertz CT molecular complexity index is 373. The van der Waals surface area contributed by atoms with Gasteiger partial charge < -0.3 is 10.2 Å². The molecule has 0 spiro atoms. The first-order valence-electron chi connectivity index (χ1n) is 4.94. The Morgan fingerprint density at radius 2 is 2.25 bits per heavy atom. The summed E-state index contributed by atoms with van der Waals surface area (Å²) in [4.78, 5) is 11.5. The topological polar surface area (TPSA) is 57.5 Å². The van der Waals surface area contributed by atoms with Crippen LogP contribution in [0.25, 0.3) is 0 Å². The van der Waals surface area contributed by atoms with Gasteiger partial charge in [-0.3, -0.25) is 4.79 Å². The summed E-state index contributed by atoms with van der Waals surface area (Å²) in [6.45, 7) is 3.71. The number of hydrogen-bond acceptors (Lipinski definition) is 3. The van der Waals surface area contributed by atoms with E-state index in [1.165, 1.54) is 11.3 Å². The van der Waals surface area contributed by atoms with E-state index in [1.54, 1.807) is 0 Å². The highest BCUT2D eigenvalue weighted by Gasteiger charge is 2.27. The second-order valence-corrected chi connectivity index (χ2v) is 6.39. The first-order chi connectivity index (χ1) is 7.32. The number of carbonyl (C=O) groups is 1. The van der Waals surface area contributed by atoms with Gasteiger partial charge in [-0.1, -0.05) is 13.8 Å². The second kappa shape index (κ2) is 5.29. The number of hydrogen-bond donors (Lipinski definition) is 2. The van der Waals surface area contributed by atoms with Gasteiger partial charge in [-0.05, 0) is 39.2 Å². The molecule has 0 aromatic carbocycles. The summed E-state index contributed by atoms with van der Waals surface area (Å²) in [5.74, 6) is -0.831. The molecular weight excluding hydrogens is 292 g/mol. The monoisotopic (exact) mass is 306 g/mol. The van der Waals surface area contributed by atoms with Crippen molar-refractivity contribution >= 4 is 33.2 Å². The van der Waals surface area contributed by atoms with Crippen molar-refractivity contribution in [2.75, 3.05) is 0 Å². The number of halogens is 1. The van der Waals surface area contributed by atoms with Gasteiger partial charge in [0.05, 0.1) is 12.5 Å². The number of aliphatic hydroxyl groups excluding tert-OH is 1. The summed E-state index contributed by atoms with van der Waals surface area (Å²) >= 11 is 4.83. The summed E-state index contributed by atoms with van der Waals surface area (Å²) in [6.07, 6.45) is -0.102. The Morgan fingerprint density at radius 1 is 1.62 bits per heavy atom. The molecule has 0 aliphatic carbocycles. The molecule has 90 valence electrons. The van der Waals surface area contributed by atoms with Crippen molar-refractivity contribution in [1.29, 1.82) is 0 Å². The molecule has 0 aliphatic rings. The first kappa shape index (κ1) is 13.7. The summed E-state index contributed by atoms with van der Waals surface area (Å²) in [5.41, 5.74) is -0.408. The summed E-state index contributed by atoms with van der Waals surface area (Å²) in [7, 11) is 0. The SMILES string of the molecule is CC(C)(CC(=O)O)CC(O)c1sccc1Br. The fourth-order valence-electron chi connectivity index (χ4n) is 1.64. The van der Waals surface area contributed by atoms with Crippen molar-refractivity contribution < 1.29 is 15.0 Å². The lowest BCUT2D eigenvalue weighted by molar-refractivity contribution is -0.139. The summed E-state index contributed by atoms with van der Waals surface area (Å²) < 4.78 is 0.885. The molecule has 2 N–H and O–H groups in total. The van der Waals surface area contributed by atoms with E-state index in [0.29, 0.717) is 6.42 Å². The molecule has 0 saturated heterocycles. The number of rotatable bonds is 5. The lowest BCUT2D eigenvalue weighted by atomic mass is 9.83. The standard InChI is InChI=1S/C11H15BrO3S/c1-11(2,6-9(14)15)5-8(13)10-7(12)3-4-16-10/h3-4,8,13H,5-6H2,1-2H3,(H,14,15). The van der Waals surface area contributed by atoms with Crippen LogP contribution in [-0.4, -0.2) is 16.2 Å². The van der Waals surface area contributed by atoms with Crippen LogP contribution in [0.4, 0.5) is 0 Å². The van der Waals surface area contributed by atoms with E-state index in [-0.39, 0.29) is 6.42 Å². The fourth-order valence-corrected chi connectivity index (χ4v) is 3.26. The predicted molar refractivity (Wildman–Crippen MR) is 67.6 cm³/mol. The largest absolute Gasteiger partial charge is 0.481 e. The highest BCUT2D eigenvalue weighted by molar-refractivity contribution is 9.10. The molecule has 0 fully saturated rings. The Balaban J connectivity index is 2.67. The Kier molecular flexibility index (Phi) is 4.52. The van der Waals surface area contributed by atoms with Crippen LogP contribution in [-0.2, 0) is 4.79 Å². The third-order valence-corrected chi connectivity index (χ3v) is 4.30. The molecule has 1 unspecified atom stereocenters. The number of aliphatic hydroxyl groups is 1. The quantitative estimate of drug-likeness (QED) is 0.876. The molecular formula is C11H15BrO3S. The predicted octanol–water partition coefficient (Wildman–Crippen LogP) is 3.44. The van der Waals surface area contributed by atoms with Crippen molar-refractivity contribution in [2.24, 2.45) is 5.41 Å². The average molecular weight is 307 g/mol. The van der Waals surface area contributed by atoms with Crippen LogP contribution in [0.2, 0.25) is 0 Å². The maximum absolute atomic E-state index is 10.7. The number of carboxylic acid groups (broad SMARTS) is 1. The molecule has 0 bridgehead atoms. The molecule has 0 saturated carbocycles. The highest BCUT2D eigenvalue weighted by Crippen LogP contribution is 2.37. The zero-order valence-corrected chi connectivity index (χ0v) is 11.6. The number of thiophene rings is 1. The fraction of sp³-hybridized carbons (Fsp3) is 0.545. The molecule has 0 radical (unpaired) electrons. The van der Waals surface area contributed by atoms with E-state index in [2.05, 4.69) is 15.9 Å². The van der Waals surface area contributed by atoms with Gasteiger partial charge in [-0.2, -0.15) is 0 Å². The van der Waals surface area contributed by atoms with Gasteiger partial charge in [-0.25, -0.2) is 0 Å². The van der Waals surface area contributed by atoms with Crippen LogP contribution in [0.1, 0.15) is 37.7 Å². The van der Waals surface area contributed by atoms with Crippen LogP contribution in [0.15, 0.2) is 15.9 Å². The second-order valence-electron chi connectivity index (χ2n) is 4.59. The van der Waals surface area contributed by atoms with Crippen molar-refractivity contribution in [1.82, 2.24) is 0 Å². The first-order valence-corrected chi connectivity index (χ1v) is 6.62. The van der Waals surface area contributed by atoms with E-state index in [1.807, 2.05) is 25.3 Å². The molecule has 3 nitrogen and oxygen atoms in total. The molecule has 0 aliphatic heterocycles. The molecule has 0 amide bonds. The molecule has 16 heavy (non-hydrogen) atoms. The number of carboxylic acids is 1. The van der Waals surface area contributed by atoms with Gasteiger partial charge in [0.1, 0.15) is 0 Å². The van der Waals surface area contributed by atoms with Crippen molar-refractivity contribution in [3.05, 3.63) is 20.8 Å². The van der Waals surface area contributed by atoms with Gasteiger partial charge in [0.15, 0.2) is 0 Å². The van der Waals surface area contributed by atoms with E-state index >= 15 is 0 Å². The molecule has 1 rings (SSSR count). The minimum atomic E-state index is -0.831. The van der Waals surface area contributed by atoms with Crippen LogP contribution in [0.5, 0.6) is 0 Å². The van der Waals surface area contributed by atoms with Crippen LogP contribution in [0.3, 0.4) is 0 Å². The lowest BCUT2D eigenvalue weighted by Crippen LogP contribution is -2.19. The van der Waals surface area contributed by atoms with E-state index in [9.17, 15) is 9.90 Å². The maximum atomic E-state index is 10.7. The summed E-state index contributed by atoms with van der Waals surface area (Å²) in [6, 6.07) is 1.88. The van der Waals surface area contributed by atoms with Crippen molar-refractivity contribution in [3.63, 3.8) is 0 Å². The molecule has 1 aromatic heterocycles. The van der Waals surface area contributed by atoms with Crippen LogP contribution < -0.4 is 0 Å². The molecule has 1 heterocycles. The third-order valence-electron chi connectivity index (χ3n) is 2.32. The van der Waals surface area contributed by atoms with Gasteiger partial charge in [0, 0.05) is 9.35 Å². The Morgan fingerprint density at radius 3 is 2.69 bits per heavy atom. The number of aliphatic carboxylic acids is 1. The minimum Gasteiger partial charge on any atom is -0.481 e. The molecule has 1 aromatic rings. The summed E-state index contributed by atoms with van der Waals surface area (Å²) in [5, 5.41) is 20.7. The zero-order chi connectivity index (χ0) is 12.3. The molecule has 1 atom stereocenters. The Labute approximate surface area is 107 Å². The maximum Gasteiger partial charge on any atom is 0.303 e. The van der Waals surface area contributed by atoms with Crippen molar-refractivity contribution in [2.45, 2.75) is 32.8 Å².